The number of unbranched alkanes of at least 4 members (excludes halogenated alkanes) is 20. The molecule has 0 bridgehead atoms. The lowest BCUT2D eigenvalue weighted by atomic mass is 10.1. The van der Waals surface area contributed by atoms with Gasteiger partial charge in [0, 0.05) is 13.2 Å². The first kappa shape index (κ1) is 39.8. The van der Waals surface area contributed by atoms with Gasteiger partial charge in [0.1, 0.15) is 13.6 Å². The predicted molar refractivity (Wildman–Crippen MR) is 190 cm³/mol. The molecule has 0 aromatic rings. The number of ether oxygens (including phenoxy) is 3. The Labute approximate surface area is 271 Å². The summed E-state index contributed by atoms with van der Waals surface area (Å²) in [4.78, 5) is 0. The third-order valence-corrected chi connectivity index (χ3v) is 8.52. The number of allylic oxidation sites excluding steroid dienone is 4. The van der Waals surface area contributed by atoms with Crippen molar-refractivity contribution >= 4 is 45.2 Å². The third kappa shape index (κ3) is 38.8. The van der Waals surface area contributed by atoms with Crippen LogP contribution in [0.25, 0.3) is 0 Å². The van der Waals surface area contributed by atoms with Gasteiger partial charge in [0.05, 0.1) is 0 Å². The fourth-order valence-corrected chi connectivity index (χ4v) is 5.61. The van der Waals surface area contributed by atoms with E-state index in [1.807, 2.05) is 0 Å². The van der Waals surface area contributed by atoms with Crippen molar-refractivity contribution in [2.75, 3.05) is 35.7 Å². The van der Waals surface area contributed by atoms with E-state index in [1.165, 1.54) is 137 Å². The van der Waals surface area contributed by atoms with Crippen LogP contribution in [0.15, 0.2) is 24.3 Å². The minimum atomic E-state index is 0.334. The van der Waals surface area contributed by atoms with Crippen molar-refractivity contribution in [1.29, 1.82) is 0 Å². The highest BCUT2D eigenvalue weighted by Gasteiger charge is 1.94. The molecule has 0 fully saturated rings. The lowest BCUT2D eigenvalue weighted by molar-refractivity contribution is -0.131. The summed E-state index contributed by atoms with van der Waals surface area (Å²) in [5, 5.41) is 0. The number of rotatable bonds is 34. The van der Waals surface area contributed by atoms with Crippen LogP contribution in [0.2, 0.25) is 0 Å². The van der Waals surface area contributed by atoms with Gasteiger partial charge in [-0.05, 0) is 73.1 Å². The van der Waals surface area contributed by atoms with Gasteiger partial charge in [-0.2, -0.15) is 0 Å². The van der Waals surface area contributed by atoms with Gasteiger partial charge in [-0.15, -0.1) is 0 Å². The van der Waals surface area contributed by atoms with Crippen LogP contribution in [0.4, 0.5) is 0 Å². The summed E-state index contributed by atoms with van der Waals surface area (Å²) in [5.74, 6) is 0. The Balaban J connectivity index is 3.12. The predicted octanol–water partition coefficient (Wildman–Crippen LogP) is 12.3. The molecule has 0 aliphatic rings. The lowest BCUT2D eigenvalue weighted by Gasteiger charge is -2.06. The van der Waals surface area contributed by atoms with Crippen molar-refractivity contribution in [3.05, 3.63) is 24.3 Å². The fraction of sp³-hybridized carbons (Fsp3) is 0.882. The van der Waals surface area contributed by atoms with Gasteiger partial charge in [0.25, 0.3) is 0 Å². The van der Waals surface area contributed by atoms with Gasteiger partial charge in [-0.3, -0.25) is 0 Å². The van der Waals surface area contributed by atoms with Crippen molar-refractivity contribution < 1.29 is 14.2 Å². The van der Waals surface area contributed by atoms with Crippen molar-refractivity contribution in [3.63, 3.8) is 0 Å². The minimum Gasteiger partial charge on any atom is -0.355 e. The van der Waals surface area contributed by atoms with Crippen LogP contribution in [0.3, 0.4) is 0 Å². The first-order chi connectivity index (χ1) is 19.4. The Kier molecular flexibility index (Phi) is 39.6. The SMILES string of the molecule is ICCCCCCCCCCCC=CCCCOCOCOCCCC=CCCCCCCCCCCCI. The van der Waals surface area contributed by atoms with Crippen molar-refractivity contribution in [2.45, 2.75) is 154 Å². The monoisotopic (exact) mass is 774 g/mol. The molecule has 0 atom stereocenters. The molecule has 0 saturated carbocycles. The molecule has 0 radical (unpaired) electrons. The second kappa shape index (κ2) is 38.8. The van der Waals surface area contributed by atoms with E-state index in [4.69, 9.17) is 14.2 Å². The molecule has 0 N–H and O–H groups in total. The zero-order valence-electron chi connectivity index (χ0n) is 25.5. The molecule has 0 heterocycles. The van der Waals surface area contributed by atoms with Crippen LogP contribution < -0.4 is 0 Å². The van der Waals surface area contributed by atoms with Crippen molar-refractivity contribution in [2.24, 2.45) is 0 Å². The number of alkyl halides is 2. The second-order valence-electron chi connectivity index (χ2n) is 10.8. The van der Waals surface area contributed by atoms with Gasteiger partial charge in [-0.25, -0.2) is 0 Å². The van der Waals surface area contributed by atoms with Crippen LogP contribution in [0.1, 0.15) is 154 Å². The highest BCUT2D eigenvalue weighted by molar-refractivity contribution is 14.1. The average Bonchev–Trinajstić information content (AvgIpc) is 2.95. The molecule has 39 heavy (non-hydrogen) atoms. The Bertz CT molecular complexity index is 443. The van der Waals surface area contributed by atoms with E-state index in [0.717, 1.165) is 38.9 Å². The van der Waals surface area contributed by atoms with Gasteiger partial charge in [-0.1, -0.05) is 159 Å². The van der Waals surface area contributed by atoms with Crippen LogP contribution in [-0.4, -0.2) is 35.7 Å². The molecule has 0 aliphatic heterocycles. The maximum absolute atomic E-state index is 5.53. The lowest BCUT2D eigenvalue weighted by Crippen LogP contribution is -2.06. The fourth-order valence-electron chi connectivity index (χ4n) is 4.54. The third-order valence-electron chi connectivity index (χ3n) is 6.99. The van der Waals surface area contributed by atoms with Gasteiger partial charge in [0.15, 0.2) is 0 Å². The molecule has 0 aromatic heterocycles. The largest absolute Gasteiger partial charge is 0.355 e. The maximum atomic E-state index is 5.53. The van der Waals surface area contributed by atoms with E-state index in [0.29, 0.717) is 13.6 Å². The molecule has 0 spiro atoms. The van der Waals surface area contributed by atoms with E-state index in [2.05, 4.69) is 69.5 Å². The molecule has 3 nitrogen and oxygen atoms in total. The summed E-state index contributed by atoms with van der Waals surface area (Å²) < 4.78 is 19.1. The summed E-state index contributed by atoms with van der Waals surface area (Å²) >= 11 is 4.96. The number of hydrogen-bond acceptors (Lipinski definition) is 3. The molecule has 0 saturated heterocycles. The van der Waals surface area contributed by atoms with Gasteiger partial charge in [0.2, 0.25) is 0 Å². The van der Waals surface area contributed by atoms with Crippen molar-refractivity contribution in [3.8, 4) is 0 Å². The van der Waals surface area contributed by atoms with Crippen LogP contribution in [0.5, 0.6) is 0 Å². The van der Waals surface area contributed by atoms with Crippen LogP contribution in [0, 0.1) is 0 Å². The standard InChI is InChI=1S/C34H64I2O3/c35-29-25-21-17-13-9-5-1-3-7-11-15-19-23-27-31-37-33-39-34-38-32-28-24-20-16-12-8-4-2-6-10-14-18-22-26-30-36/h15-16,19-20H,1-14,17-18,21-34H2. The van der Waals surface area contributed by atoms with E-state index < -0.39 is 0 Å². The first-order valence-electron chi connectivity index (χ1n) is 16.6. The van der Waals surface area contributed by atoms with E-state index >= 15 is 0 Å². The molecule has 0 unspecified atom stereocenters. The summed E-state index contributed by atoms with van der Waals surface area (Å²) in [5.41, 5.74) is 0. The highest BCUT2D eigenvalue weighted by atomic mass is 127. The van der Waals surface area contributed by atoms with Crippen LogP contribution >= 0.6 is 45.2 Å². The molecule has 0 rings (SSSR count). The molecule has 232 valence electrons. The Hall–Kier alpha value is 0.820. The first-order valence-corrected chi connectivity index (χ1v) is 19.6. The smallest absolute Gasteiger partial charge is 0.149 e. The van der Waals surface area contributed by atoms with Crippen LogP contribution in [-0.2, 0) is 14.2 Å². The van der Waals surface area contributed by atoms with E-state index in [9.17, 15) is 0 Å². The van der Waals surface area contributed by atoms with Gasteiger partial charge < -0.3 is 14.2 Å². The Morgan fingerprint density at radius 3 is 0.923 bits per heavy atom. The normalized spacial score (nSPS) is 11.9. The maximum Gasteiger partial charge on any atom is 0.149 e. The average molecular weight is 775 g/mol. The molecule has 0 aliphatic carbocycles. The van der Waals surface area contributed by atoms with E-state index in [-0.39, 0.29) is 0 Å². The molecular formula is C34H64I2O3. The topological polar surface area (TPSA) is 27.7 Å². The zero-order chi connectivity index (χ0) is 28.2. The molecule has 0 aromatic carbocycles. The Morgan fingerprint density at radius 2 is 0.590 bits per heavy atom. The van der Waals surface area contributed by atoms with Gasteiger partial charge >= 0.3 is 0 Å². The second-order valence-corrected chi connectivity index (χ2v) is 13.0. The summed E-state index contributed by atoms with van der Waals surface area (Å²) in [6.07, 6.45) is 41.5. The number of hydrogen-bond donors (Lipinski definition) is 0. The Morgan fingerprint density at radius 1 is 0.308 bits per heavy atom. The molecule has 5 heteroatoms. The van der Waals surface area contributed by atoms with E-state index in [1.54, 1.807) is 0 Å². The summed E-state index contributed by atoms with van der Waals surface area (Å²) in [6.45, 7) is 2.18. The van der Waals surface area contributed by atoms with Crippen molar-refractivity contribution in [1.82, 2.24) is 0 Å². The zero-order valence-corrected chi connectivity index (χ0v) is 29.8. The summed E-state index contributed by atoms with van der Waals surface area (Å²) in [7, 11) is 0. The highest BCUT2D eigenvalue weighted by Crippen LogP contribution is 2.12. The molecular weight excluding hydrogens is 710 g/mol. The molecule has 0 amide bonds. The number of halogens is 2. The summed E-state index contributed by atoms with van der Waals surface area (Å²) in [6, 6.07) is 0. The quantitative estimate of drug-likeness (QED) is 0.0214. The minimum absolute atomic E-state index is 0.334.